The molecule has 1 aliphatic carbocycles. The van der Waals surface area contributed by atoms with Gasteiger partial charge < -0.3 is 10.6 Å². The van der Waals surface area contributed by atoms with Crippen molar-refractivity contribution < 1.29 is 4.79 Å². The summed E-state index contributed by atoms with van der Waals surface area (Å²) in [6.45, 7) is 1.85. The maximum atomic E-state index is 12.4. The van der Waals surface area contributed by atoms with Gasteiger partial charge in [0.05, 0.1) is 18.0 Å². The summed E-state index contributed by atoms with van der Waals surface area (Å²) < 4.78 is 0. The highest BCUT2D eigenvalue weighted by Gasteiger charge is 2.42. The number of fused-ring (bicyclic) bond motifs is 2. The van der Waals surface area contributed by atoms with Gasteiger partial charge in [-0.3, -0.25) is 4.79 Å². The molecular weight excluding hydrogens is 250 g/mol. The zero-order valence-electron chi connectivity index (χ0n) is 11.6. The zero-order valence-corrected chi connectivity index (χ0v) is 11.6. The van der Waals surface area contributed by atoms with Crippen LogP contribution >= 0.6 is 0 Å². The molecule has 0 radical (unpaired) electrons. The van der Waals surface area contributed by atoms with Crippen LogP contribution in [-0.2, 0) is 4.79 Å². The van der Waals surface area contributed by atoms with Gasteiger partial charge in [-0.1, -0.05) is 18.2 Å². The topological polar surface area (TPSA) is 64.9 Å². The number of hydrogen-bond acceptors (Lipinski definition) is 3. The number of rotatable bonds is 3. The largest absolute Gasteiger partial charge is 0.324 e. The smallest absolute Gasteiger partial charge is 0.241 e. The van der Waals surface area contributed by atoms with Crippen LogP contribution in [0, 0.1) is 17.2 Å². The maximum Gasteiger partial charge on any atom is 0.241 e. The van der Waals surface area contributed by atoms with Crippen molar-refractivity contribution in [2.45, 2.75) is 44.2 Å². The summed E-state index contributed by atoms with van der Waals surface area (Å²) in [5, 5.41) is 15.5. The van der Waals surface area contributed by atoms with Crippen molar-refractivity contribution in [2.24, 2.45) is 5.92 Å². The molecule has 4 heteroatoms. The average Bonchev–Trinajstić information content (AvgIpc) is 3.09. The van der Waals surface area contributed by atoms with Gasteiger partial charge in [-0.05, 0) is 43.7 Å². The molecule has 1 amide bonds. The van der Waals surface area contributed by atoms with Crippen molar-refractivity contribution >= 4 is 11.6 Å². The minimum Gasteiger partial charge on any atom is -0.324 e. The predicted molar refractivity (Wildman–Crippen MR) is 77.2 cm³/mol. The molecule has 1 saturated carbocycles. The Morgan fingerprint density at radius 1 is 1.45 bits per heavy atom. The lowest BCUT2D eigenvalue weighted by Gasteiger charge is -2.23. The number of amides is 1. The van der Waals surface area contributed by atoms with E-state index in [-0.39, 0.29) is 17.9 Å². The fraction of sp³-hybridized carbons (Fsp3) is 0.500. The van der Waals surface area contributed by atoms with Crippen molar-refractivity contribution in [1.29, 1.82) is 5.26 Å². The van der Waals surface area contributed by atoms with Gasteiger partial charge in [-0.25, -0.2) is 0 Å². The van der Waals surface area contributed by atoms with Crippen molar-refractivity contribution in [3.63, 3.8) is 0 Å². The summed E-state index contributed by atoms with van der Waals surface area (Å²) in [6, 6.07) is 10.2. The highest BCUT2D eigenvalue weighted by molar-refractivity contribution is 5.96. The number of para-hydroxylation sites is 1. The number of hydrogen-bond donors (Lipinski definition) is 2. The van der Waals surface area contributed by atoms with Gasteiger partial charge in [0, 0.05) is 11.7 Å². The lowest BCUT2D eigenvalue weighted by molar-refractivity contribution is -0.119. The second-order valence-corrected chi connectivity index (χ2v) is 5.84. The summed E-state index contributed by atoms with van der Waals surface area (Å²) >= 11 is 0. The Morgan fingerprint density at radius 3 is 2.90 bits per heavy atom. The predicted octanol–water partition coefficient (Wildman–Crippen LogP) is 2.39. The fourth-order valence-electron chi connectivity index (χ4n) is 3.42. The number of nitrogens with zero attached hydrogens (tertiary/aromatic N) is 1. The molecule has 2 N–H and O–H groups in total. The number of nitriles is 1. The van der Waals surface area contributed by atoms with E-state index >= 15 is 0 Å². The van der Waals surface area contributed by atoms with Gasteiger partial charge in [0.25, 0.3) is 0 Å². The molecule has 0 aromatic heterocycles. The number of piperidine rings is 1. The third-order valence-corrected chi connectivity index (χ3v) is 4.52. The Balaban J connectivity index is 1.75. The van der Waals surface area contributed by atoms with Gasteiger partial charge in [-0.15, -0.1) is 0 Å². The molecule has 1 saturated heterocycles. The molecule has 1 aromatic carbocycles. The van der Waals surface area contributed by atoms with Crippen LogP contribution in [0.1, 0.15) is 37.7 Å². The van der Waals surface area contributed by atoms with E-state index in [1.807, 2.05) is 31.2 Å². The Hall–Kier alpha value is -1.86. The van der Waals surface area contributed by atoms with E-state index in [9.17, 15) is 4.79 Å². The van der Waals surface area contributed by atoms with Crippen LogP contribution in [-0.4, -0.2) is 18.0 Å². The molecule has 3 rings (SSSR count). The third-order valence-electron chi connectivity index (χ3n) is 4.52. The van der Waals surface area contributed by atoms with E-state index in [0.717, 1.165) is 24.1 Å². The Bertz CT molecular complexity index is 563. The average molecular weight is 269 g/mol. The molecule has 4 atom stereocenters. The van der Waals surface area contributed by atoms with E-state index < -0.39 is 0 Å². The van der Waals surface area contributed by atoms with Crippen LogP contribution in [0.25, 0.3) is 0 Å². The van der Waals surface area contributed by atoms with Crippen LogP contribution in [0.5, 0.6) is 0 Å². The molecule has 0 spiro atoms. The number of carbonyl (C=O) groups is 1. The molecular formula is C16H19N3O. The molecule has 1 aromatic rings. The molecule has 2 bridgehead atoms. The van der Waals surface area contributed by atoms with Crippen LogP contribution in [0.4, 0.5) is 5.69 Å². The van der Waals surface area contributed by atoms with E-state index in [0.29, 0.717) is 12.0 Å². The number of nitrogens with one attached hydrogen (secondary N) is 2. The van der Waals surface area contributed by atoms with Gasteiger partial charge in [0.15, 0.2) is 0 Å². The zero-order chi connectivity index (χ0) is 14.1. The summed E-state index contributed by atoms with van der Waals surface area (Å²) in [5.74, 6) is 0.287. The van der Waals surface area contributed by atoms with Crippen LogP contribution in [0.15, 0.2) is 24.3 Å². The van der Waals surface area contributed by atoms with E-state index in [1.54, 1.807) is 0 Å². The van der Waals surface area contributed by atoms with E-state index in [1.165, 1.54) is 6.42 Å². The van der Waals surface area contributed by atoms with Crippen molar-refractivity contribution in [3.8, 4) is 6.07 Å². The molecule has 1 heterocycles. The second kappa shape index (κ2) is 5.26. The van der Waals surface area contributed by atoms with Crippen molar-refractivity contribution in [2.75, 3.05) is 5.32 Å². The SMILES string of the molecule is CC(C#N)c1ccccc1NC(=O)C1NC2CCC1C2. The van der Waals surface area contributed by atoms with E-state index in [4.69, 9.17) is 5.26 Å². The Morgan fingerprint density at radius 2 is 2.25 bits per heavy atom. The van der Waals surface area contributed by atoms with Gasteiger partial charge in [0.1, 0.15) is 0 Å². The first-order valence-corrected chi connectivity index (χ1v) is 7.24. The van der Waals surface area contributed by atoms with Crippen LogP contribution in [0.3, 0.4) is 0 Å². The highest BCUT2D eigenvalue weighted by Crippen LogP contribution is 2.36. The quantitative estimate of drug-likeness (QED) is 0.885. The van der Waals surface area contributed by atoms with E-state index in [2.05, 4.69) is 16.7 Å². The number of anilines is 1. The molecule has 20 heavy (non-hydrogen) atoms. The number of benzene rings is 1. The highest BCUT2D eigenvalue weighted by atomic mass is 16.2. The molecule has 1 aliphatic heterocycles. The molecule has 4 nitrogen and oxygen atoms in total. The van der Waals surface area contributed by atoms with Gasteiger partial charge in [-0.2, -0.15) is 5.26 Å². The molecule has 4 unspecified atom stereocenters. The number of carbonyl (C=O) groups excluding carboxylic acids is 1. The van der Waals surface area contributed by atoms with Gasteiger partial charge in [0.2, 0.25) is 5.91 Å². The fourth-order valence-corrected chi connectivity index (χ4v) is 3.42. The molecule has 2 aliphatic rings. The van der Waals surface area contributed by atoms with Crippen molar-refractivity contribution in [1.82, 2.24) is 5.32 Å². The summed E-state index contributed by atoms with van der Waals surface area (Å²) in [4.78, 5) is 12.4. The monoisotopic (exact) mass is 269 g/mol. The minimum absolute atomic E-state index is 0.0368. The minimum atomic E-state index is -0.223. The standard InChI is InChI=1S/C16H19N3O/c1-10(9-17)13-4-2-3-5-14(13)19-16(20)15-11-6-7-12(8-11)18-15/h2-5,10-12,15,18H,6-8H2,1H3,(H,19,20). The van der Waals surface area contributed by atoms with Crippen LogP contribution < -0.4 is 10.6 Å². The molecule has 2 fully saturated rings. The first kappa shape index (κ1) is 13.1. The Labute approximate surface area is 119 Å². The lowest BCUT2D eigenvalue weighted by atomic mass is 9.97. The lowest BCUT2D eigenvalue weighted by Crippen LogP contribution is -2.44. The van der Waals surface area contributed by atoms with Gasteiger partial charge >= 0.3 is 0 Å². The molecule has 104 valence electrons. The Kier molecular flexibility index (Phi) is 3.45. The summed E-state index contributed by atoms with van der Waals surface area (Å²) in [6.07, 6.45) is 3.46. The van der Waals surface area contributed by atoms with Crippen molar-refractivity contribution in [3.05, 3.63) is 29.8 Å². The maximum absolute atomic E-state index is 12.4. The van der Waals surface area contributed by atoms with Crippen LogP contribution in [0.2, 0.25) is 0 Å². The first-order valence-electron chi connectivity index (χ1n) is 7.24. The normalized spacial score (nSPS) is 28.9. The summed E-state index contributed by atoms with van der Waals surface area (Å²) in [7, 11) is 0. The first-order chi connectivity index (χ1) is 9.69. The third kappa shape index (κ3) is 2.30. The second-order valence-electron chi connectivity index (χ2n) is 5.84. The summed E-state index contributed by atoms with van der Waals surface area (Å²) in [5.41, 5.74) is 1.64.